The fourth-order valence-electron chi connectivity index (χ4n) is 3.03. The van der Waals surface area contributed by atoms with Gasteiger partial charge in [-0.15, -0.1) is 0 Å². The van der Waals surface area contributed by atoms with Crippen molar-refractivity contribution in [3.63, 3.8) is 0 Å². The molecular weight excluding hydrogens is 338 g/mol. The summed E-state index contributed by atoms with van der Waals surface area (Å²) in [5, 5.41) is 0.892. The van der Waals surface area contributed by atoms with Crippen molar-refractivity contribution >= 4 is 47.0 Å². The zero-order valence-electron chi connectivity index (χ0n) is 13.0. The molecule has 0 radical (unpaired) electrons. The van der Waals surface area contributed by atoms with Gasteiger partial charge in [-0.3, -0.25) is 0 Å². The van der Waals surface area contributed by atoms with Crippen molar-refractivity contribution in [3.05, 3.63) is 5.28 Å². The maximum absolute atomic E-state index is 6.19. The summed E-state index contributed by atoms with van der Waals surface area (Å²) < 4.78 is 0. The van der Waals surface area contributed by atoms with Gasteiger partial charge in [-0.2, -0.15) is 38.5 Å². The van der Waals surface area contributed by atoms with Gasteiger partial charge < -0.3 is 9.80 Å². The molecule has 22 heavy (non-hydrogen) atoms. The summed E-state index contributed by atoms with van der Waals surface area (Å²) >= 11 is 10.2. The van der Waals surface area contributed by atoms with Crippen molar-refractivity contribution < 1.29 is 0 Å². The van der Waals surface area contributed by atoms with E-state index in [-0.39, 0.29) is 0 Å². The van der Waals surface area contributed by atoms with E-state index in [1.165, 1.54) is 0 Å². The monoisotopic (exact) mass is 359 g/mol. The number of rotatable bonds is 3. The molecule has 0 amide bonds. The Morgan fingerprint density at radius 3 is 2.55 bits per heavy atom. The molecule has 3 rings (SSSR count). The van der Waals surface area contributed by atoms with E-state index in [0.717, 1.165) is 55.2 Å². The summed E-state index contributed by atoms with van der Waals surface area (Å²) in [4.78, 5) is 18.0. The van der Waals surface area contributed by atoms with Gasteiger partial charge in [0.2, 0.25) is 17.2 Å². The largest absolute Gasteiger partial charge is 0.339 e. The minimum Gasteiger partial charge on any atom is -0.339 e. The topological polar surface area (TPSA) is 45.2 Å². The van der Waals surface area contributed by atoms with Gasteiger partial charge in [-0.25, -0.2) is 0 Å². The van der Waals surface area contributed by atoms with Crippen LogP contribution >= 0.6 is 35.1 Å². The van der Waals surface area contributed by atoms with E-state index >= 15 is 0 Å². The molecule has 0 saturated carbocycles. The van der Waals surface area contributed by atoms with Crippen molar-refractivity contribution in [1.29, 1.82) is 0 Å². The molecule has 8 heteroatoms. The van der Waals surface area contributed by atoms with Crippen molar-refractivity contribution in [2.75, 3.05) is 46.7 Å². The number of nitrogens with zero attached hydrogens (tertiary/aromatic N) is 5. The highest BCUT2D eigenvalue weighted by atomic mass is 35.5. The first-order valence-electron chi connectivity index (χ1n) is 7.81. The Balaban J connectivity index is 1.87. The first kappa shape index (κ1) is 16.5. The first-order valence-corrected chi connectivity index (χ1v) is 10.4. The maximum atomic E-state index is 6.19. The molecule has 0 bridgehead atoms. The smallest absolute Gasteiger partial charge is 0.231 e. The number of hydrogen-bond acceptors (Lipinski definition) is 7. The van der Waals surface area contributed by atoms with Gasteiger partial charge in [-0.1, -0.05) is 13.8 Å². The molecule has 1 aromatic heterocycles. The highest BCUT2D eigenvalue weighted by Crippen LogP contribution is 2.30. The second-order valence-electron chi connectivity index (χ2n) is 5.55. The van der Waals surface area contributed by atoms with Crippen molar-refractivity contribution in [2.24, 2.45) is 0 Å². The van der Waals surface area contributed by atoms with Crippen molar-refractivity contribution in [1.82, 2.24) is 15.0 Å². The second kappa shape index (κ2) is 7.45. The van der Waals surface area contributed by atoms with Crippen LogP contribution in [0.4, 0.5) is 11.9 Å². The minimum atomic E-state index is 0.305. The molecule has 5 nitrogen and oxygen atoms in total. The van der Waals surface area contributed by atoms with Gasteiger partial charge in [0.05, 0.1) is 0 Å². The van der Waals surface area contributed by atoms with E-state index in [9.17, 15) is 0 Å². The van der Waals surface area contributed by atoms with Crippen LogP contribution < -0.4 is 9.80 Å². The molecular formula is C14H22ClN5S2. The van der Waals surface area contributed by atoms with Crippen LogP contribution in [-0.4, -0.2) is 63.1 Å². The molecule has 0 aliphatic carbocycles. The summed E-state index contributed by atoms with van der Waals surface area (Å²) in [7, 11) is 0. The van der Waals surface area contributed by atoms with E-state index in [1.807, 2.05) is 23.5 Å². The normalized spacial score (nSPS) is 26.3. The highest BCUT2D eigenvalue weighted by Gasteiger charge is 2.30. The third kappa shape index (κ3) is 3.57. The summed E-state index contributed by atoms with van der Waals surface area (Å²) in [5.74, 6) is 4.82. The Morgan fingerprint density at radius 2 is 1.82 bits per heavy atom. The third-order valence-electron chi connectivity index (χ3n) is 4.21. The number of hydrogen-bond donors (Lipinski definition) is 0. The lowest BCUT2D eigenvalue weighted by Gasteiger charge is -2.39. The Hall–Kier alpha value is -0.400. The number of halogens is 1. The molecule has 2 unspecified atom stereocenters. The molecule has 122 valence electrons. The van der Waals surface area contributed by atoms with Gasteiger partial charge in [0, 0.05) is 48.2 Å². The van der Waals surface area contributed by atoms with Gasteiger partial charge in [0.25, 0.3) is 0 Å². The molecule has 0 spiro atoms. The molecule has 2 atom stereocenters. The fourth-order valence-corrected chi connectivity index (χ4v) is 5.32. The van der Waals surface area contributed by atoms with Gasteiger partial charge in [0.1, 0.15) is 0 Å². The van der Waals surface area contributed by atoms with Crippen LogP contribution in [0.1, 0.15) is 20.3 Å². The minimum absolute atomic E-state index is 0.305. The van der Waals surface area contributed by atoms with Crippen LogP contribution in [0.15, 0.2) is 0 Å². The van der Waals surface area contributed by atoms with Crippen LogP contribution in [0.25, 0.3) is 0 Å². The lowest BCUT2D eigenvalue weighted by Crippen LogP contribution is -2.47. The van der Waals surface area contributed by atoms with E-state index in [4.69, 9.17) is 16.6 Å². The Morgan fingerprint density at radius 1 is 1.09 bits per heavy atom. The lowest BCUT2D eigenvalue weighted by atomic mass is 10.1. The fraction of sp³-hybridized carbons (Fsp3) is 0.786. The molecule has 2 saturated heterocycles. The Labute approximate surface area is 145 Å². The quantitative estimate of drug-likeness (QED) is 0.822. The predicted molar refractivity (Wildman–Crippen MR) is 97.7 cm³/mol. The van der Waals surface area contributed by atoms with Crippen molar-refractivity contribution in [2.45, 2.75) is 31.6 Å². The summed E-state index contributed by atoms with van der Waals surface area (Å²) in [5.41, 5.74) is 0. The van der Waals surface area contributed by atoms with Gasteiger partial charge >= 0.3 is 0 Å². The molecule has 1 aromatic rings. The van der Waals surface area contributed by atoms with Crippen LogP contribution in [0.2, 0.25) is 5.28 Å². The van der Waals surface area contributed by atoms with Crippen LogP contribution in [-0.2, 0) is 0 Å². The molecule has 0 aromatic carbocycles. The summed E-state index contributed by atoms with van der Waals surface area (Å²) in [6.07, 6.45) is 1.09. The number of aromatic nitrogens is 3. The predicted octanol–water partition coefficient (Wildman–Crippen LogP) is 2.80. The standard InChI is InChI=1S/C14H22ClN5S2/c1-3-11-10(2)22-9-6-20(11)14-17-12(15)16-13(18-14)19-4-7-21-8-5-19/h10-11H,3-9H2,1-2H3. The highest BCUT2D eigenvalue weighted by molar-refractivity contribution is 8.00. The van der Waals surface area contributed by atoms with E-state index in [2.05, 4.69) is 33.6 Å². The van der Waals surface area contributed by atoms with Crippen LogP contribution in [0.3, 0.4) is 0 Å². The van der Waals surface area contributed by atoms with Gasteiger partial charge in [0.15, 0.2) is 0 Å². The van der Waals surface area contributed by atoms with E-state index in [1.54, 1.807) is 0 Å². The Kier molecular flexibility index (Phi) is 5.57. The molecule has 2 aliphatic heterocycles. The van der Waals surface area contributed by atoms with Crippen LogP contribution in [0.5, 0.6) is 0 Å². The average molecular weight is 360 g/mol. The van der Waals surface area contributed by atoms with Crippen molar-refractivity contribution in [3.8, 4) is 0 Å². The zero-order chi connectivity index (χ0) is 15.5. The average Bonchev–Trinajstić information content (AvgIpc) is 2.55. The van der Waals surface area contributed by atoms with E-state index in [0.29, 0.717) is 16.6 Å². The second-order valence-corrected chi connectivity index (χ2v) is 8.60. The van der Waals surface area contributed by atoms with E-state index < -0.39 is 0 Å². The SMILES string of the molecule is CCC1C(C)SCCN1c1nc(Cl)nc(N2CCSCC2)n1. The molecule has 3 heterocycles. The number of anilines is 2. The summed E-state index contributed by atoms with van der Waals surface area (Å²) in [6, 6.07) is 0.460. The summed E-state index contributed by atoms with van der Waals surface area (Å²) in [6.45, 7) is 7.45. The molecule has 0 N–H and O–H groups in total. The third-order valence-corrected chi connectivity index (χ3v) is 6.58. The molecule has 2 fully saturated rings. The first-order chi connectivity index (χ1) is 10.7. The van der Waals surface area contributed by atoms with Gasteiger partial charge in [-0.05, 0) is 18.0 Å². The zero-order valence-corrected chi connectivity index (χ0v) is 15.4. The number of thioether (sulfide) groups is 2. The molecule has 2 aliphatic rings. The Bertz CT molecular complexity index is 512. The van der Waals surface area contributed by atoms with Crippen LogP contribution in [0, 0.1) is 0 Å². The lowest BCUT2D eigenvalue weighted by molar-refractivity contribution is 0.553. The maximum Gasteiger partial charge on any atom is 0.231 e.